The third-order valence-corrected chi connectivity index (χ3v) is 2.84. The van der Waals surface area contributed by atoms with Crippen LogP contribution < -0.4 is 5.32 Å². The Hall–Kier alpha value is -1.29. The first-order valence-electron chi connectivity index (χ1n) is 5.49. The van der Waals surface area contributed by atoms with Gasteiger partial charge in [0.2, 0.25) is 0 Å². The van der Waals surface area contributed by atoms with Crippen LogP contribution in [0, 0.1) is 20.8 Å². The predicted molar refractivity (Wildman–Crippen MR) is 61.6 cm³/mol. The minimum Gasteiger partial charge on any atom is -0.466 e. The van der Waals surface area contributed by atoms with E-state index in [2.05, 4.69) is 5.32 Å². The van der Waals surface area contributed by atoms with Crippen molar-refractivity contribution in [3.8, 4) is 0 Å². The molecule has 0 aliphatic heterocycles. The highest BCUT2D eigenvalue weighted by Gasteiger charge is 2.20. The number of carbonyl (C=O) groups is 1. The molecule has 4 nitrogen and oxygen atoms in total. The van der Waals surface area contributed by atoms with Gasteiger partial charge in [-0.3, -0.25) is 4.79 Å². The van der Waals surface area contributed by atoms with Gasteiger partial charge in [0.05, 0.1) is 18.2 Å². The van der Waals surface area contributed by atoms with E-state index < -0.39 is 0 Å². The summed E-state index contributed by atoms with van der Waals surface area (Å²) in [6.07, 6.45) is 0.706. The summed E-state index contributed by atoms with van der Waals surface area (Å²) < 4.78 is 5.39. The van der Waals surface area contributed by atoms with Gasteiger partial charge >= 0.3 is 0 Å². The van der Waals surface area contributed by atoms with Crippen LogP contribution in [0.1, 0.15) is 40.8 Å². The molecule has 0 unspecified atom stereocenters. The average Bonchev–Trinajstić information content (AvgIpc) is 2.49. The molecule has 1 rings (SSSR count). The lowest BCUT2D eigenvalue weighted by atomic mass is 10.1. The summed E-state index contributed by atoms with van der Waals surface area (Å²) in [5.41, 5.74) is 1.45. The molecule has 1 heterocycles. The first-order valence-corrected chi connectivity index (χ1v) is 5.49. The van der Waals surface area contributed by atoms with Gasteiger partial charge in [0.25, 0.3) is 5.91 Å². The molecule has 0 bridgehead atoms. The van der Waals surface area contributed by atoms with Gasteiger partial charge in [0, 0.05) is 5.56 Å². The minimum atomic E-state index is -0.193. The number of nitrogens with one attached hydrogen (secondary N) is 1. The van der Waals surface area contributed by atoms with Gasteiger partial charge < -0.3 is 14.8 Å². The first kappa shape index (κ1) is 12.8. The Morgan fingerprint density at radius 1 is 1.38 bits per heavy atom. The normalized spacial score (nSPS) is 12.6. The summed E-state index contributed by atoms with van der Waals surface area (Å²) in [5, 5.41) is 11.8. The van der Waals surface area contributed by atoms with E-state index in [4.69, 9.17) is 9.52 Å². The van der Waals surface area contributed by atoms with Crippen LogP contribution in [-0.4, -0.2) is 23.7 Å². The zero-order valence-electron chi connectivity index (χ0n) is 10.3. The molecule has 0 saturated heterocycles. The summed E-state index contributed by atoms with van der Waals surface area (Å²) in [4.78, 5) is 11.9. The van der Waals surface area contributed by atoms with Gasteiger partial charge in [-0.2, -0.15) is 0 Å². The number of amides is 1. The fourth-order valence-corrected chi connectivity index (χ4v) is 1.66. The number of rotatable bonds is 4. The molecule has 1 aromatic rings. The Morgan fingerprint density at radius 3 is 2.38 bits per heavy atom. The molecule has 4 heteroatoms. The second-order valence-corrected chi connectivity index (χ2v) is 3.98. The van der Waals surface area contributed by atoms with E-state index in [1.165, 1.54) is 0 Å². The van der Waals surface area contributed by atoms with E-state index >= 15 is 0 Å². The van der Waals surface area contributed by atoms with E-state index in [-0.39, 0.29) is 18.6 Å². The molecule has 1 amide bonds. The lowest BCUT2D eigenvalue weighted by Gasteiger charge is -2.13. The Balaban J connectivity index is 2.88. The van der Waals surface area contributed by atoms with Crippen molar-refractivity contribution in [1.29, 1.82) is 0 Å². The second-order valence-electron chi connectivity index (χ2n) is 3.98. The number of aryl methyl sites for hydroxylation is 2. The van der Waals surface area contributed by atoms with Crippen LogP contribution in [0.4, 0.5) is 0 Å². The number of furan rings is 1. The Morgan fingerprint density at radius 2 is 2.00 bits per heavy atom. The Labute approximate surface area is 95.7 Å². The van der Waals surface area contributed by atoms with Crippen LogP contribution >= 0.6 is 0 Å². The molecule has 0 aliphatic carbocycles. The molecule has 90 valence electrons. The zero-order valence-corrected chi connectivity index (χ0v) is 10.3. The van der Waals surface area contributed by atoms with E-state index in [0.717, 1.165) is 11.3 Å². The highest BCUT2D eigenvalue weighted by atomic mass is 16.3. The van der Waals surface area contributed by atoms with E-state index in [0.29, 0.717) is 17.7 Å². The van der Waals surface area contributed by atoms with Gasteiger partial charge in [0.1, 0.15) is 11.5 Å². The molecule has 1 atom stereocenters. The molecular weight excluding hydrogens is 206 g/mol. The molecule has 2 N–H and O–H groups in total. The topological polar surface area (TPSA) is 62.5 Å². The first-order chi connectivity index (χ1) is 7.51. The van der Waals surface area contributed by atoms with Crippen molar-refractivity contribution in [2.75, 3.05) is 6.61 Å². The van der Waals surface area contributed by atoms with Gasteiger partial charge in [-0.1, -0.05) is 6.92 Å². The standard InChI is InChI=1S/C12H19NO3/c1-5-10(6-14)13-12(15)11-7(2)8(3)16-9(11)4/h10,14H,5-6H2,1-4H3,(H,13,15)/t10-/m1/s1. The van der Waals surface area contributed by atoms with Crippen LogP contribution in [0.5, 0.6) is 0 Å². The number of aliphatic hydroxyl groups is 1. The number of carbonyl (C=O) groups excluding carboxylic acids is 1. The van der Waals surface area contributed by atoms with Crippen LogP contribution in [0.25, 0.3) is 0 Å². The zero-order chi connectivity index (χ0) is 12.3. The van der Waals surface area contributed by atoms with Crippen LogP contribution in [0.15, 0.2) is 4.42 Å². The van der Waals surface area contributed by atoms with Crippen molar-refractivity contribution in [3.63, 3.8) is 0 Å². The highest BCUT2D eigenvalue weighted by molar-refractivity contribution is 5.97. The molecule has 16 heavy (non-hydrogen) atoms. The lowest BCUT2D eigenvalue weighted by molar-refractivity contribution is 0.0913. The fraction of sp³-hybridized carbons (Fsp3) is 0.583. The highest BCUT2D eigenvalue weighted by Crippen LogP contribution is 2.20. The second kappa shape index (κ2) is 5.16. The van der Waals surface area contributed by atoms with Crippen LogP contribution in [-0.2, 0) is 0 Å². The predicted octanol–water partition coefficient (Wildman–Crippen LogP) is 1.71. The third kappa shape index (κ3) is 2.44. The quantitative estimate of drug-likeness (QED) is 0.820. The molecule has 0 radical (unpaired) electrons. The maximum Gasteiger partial charge on any atom is 0.255 e. The van der Waals surface area contributed by atoms with Crippen molar-refractivity contribution >= 4 is 5.91 Å². The fourth-order valence-electron chi connectivity index (χ4n) is 1.66. The summed E-state index contributed by atoms with van der Waals surface area (Å²) in [6.45, 7) is 7.34. The van der Waals surface area contributed by atoms with Crippen LogP contribution in [0.3, 0.4) is 0 Å². The summed E-state index contributed by atoms with van der Waals surface area (Å²) in [6, 6.07) is -0.193. The summed E-state index contributed by atoms with van der Waals surface area (Å²) in [5.74, 6) is 1.22. The average molecular weight is 225 g/mol. The van der Waals surface area contributed by atoms with Crippen molar-refractivity contribution in [3.05, 3.63) is 22.6 Å². The van der Waals surface area contributed by atoms with Gasteiger partial charge in [-0.15, -0.1) is 0 Å². The van der Waals surface area contributed by atoms with Crippen molar-refractivity contribution in [2.24, 2.45) is 0 Å². The van der Waals surface area contributed by atoms with Gasteiger partial charge in [0.15, 0.2) is 0 Å². The number of hydrogen-bond acceptors (Lipinski definition) is 3. The molecule has 1 aromatic heterocycles. The van der Waals surface area contributed by atoms with E-state index in [1.807, 2.05) is 20.8 Å². The Kier molecular flexibility index (Phi) is 4.12. The van der Waals surface area contributed by atoms with Crippen LogP contribution in [0.2, 0.25) is 0 Å². The molecule has 0 aliphatic rings. The molecule has 0 spiro atoms. The van der Waals surface area contributed by atoms with E-state index in [1.54, 1.807) is 6.92 Å². The van der Waals surface area contributed by atoms with Crippen molar-refractivity contribution in [1.82, 2.24) is 5.32 Å². The van der Waals surface area contributed by atoms with Gasteiger partial charge in [-0.05, 0) is 27.2 Å². The monoisotopic (exact) mass is 225 g/mol. The molecule has 0 saturated carbocycles. The smallest absolute Gasteiger partial charge is 0.255 e. The molecule has 0 aromatic carbocycles. The summed E-state index contributed by atoms with van der Waals surface area (Å²) >= 11 is 0. The van der Waals surface area contributed by atoms with Crippen molar-refractivity contribution < 1.29 is 14.3 Å². The van der Waals surface area contributed by atoms with E-state index in [9.17, 15) is 4.79 Å². The number of aliphatic hydroxyl groups excluding tert-OH is 1. The van der Waals surface area contributed by atoms with Gasteiger partial charge in [-0.25, -0.2) is 0 Å². The lowest BCUT2D eigenvalue weighted by Crippen LogP contribution is -2.37. The van der Waals surface area contributed by atoms with Crippen molar-refractivity contribution in [2.45, 2.75) is 40.2 Å². The summed E-state index contributed by atoms with van der Waals surface area (Å²) in [7, 11) is 0. The third-order valence-electron chi connectivity index (χ3n) is 2.84. The SMILES string of the molecule is CC[C@H](CO)NC(=O)c1c(C)oc(C)c1C. The molecule has 0 fully saturated rings. The Bertz CT molecular complexity index is 378. The maximum absolute atomic E-state index is 11.9. The minimum absolute atomic E-state index is 0.0445. The molecular formula is C12H19NO3. The number of hydrogen-bond donors (Lipinski definition) is 2. The maximum atomic E-state index is 11.9. The largest absolute Gasteiger partial charge is 0.466 e.